The van der Waals surface area contributed by atoms with Crippen molar-refractivity contribution in [2.24, 2.45) is 7.05 Å². The summed E-state index contributed by atoms with van der Waals surface area (Å²) in [5, 5.41) is 5.50. The van der Waals surface area contributed by atoms with Gasteiger partial charge < -0.3 is 23.9 Å². The standard InChI is InChI=1S/C25H30N4O2S.ClH/c1-3-18-17-29(25(27-18)23-16-24-22(28(23)2)10-15-32-24)13-14-30-19-4-6-20(7-5-19)31-21-8-11-26-12-9-21;/h4-7,10,15-17,21,26H,3,8-9,11-14H2,1-2H3;1H. The van der Waals surface area contributed by atoms with Gasteiger partial charge in [0.2, 0.25) is 0 Å². The van der Waals surface area contributed by atoms with Gasteiger partial charge in [-0.25, -0.2) is 4.98 Å². The zero-order chi connectivity index (χ0) is 21.9. The van der Waals surface area contributed by atoms with Gasteiger partial charge in [-0.2, -0.15) is 0 Å². The van der Waals surface area contributed by atoms with Crippen LogP contribution in [0.15, 0.2) is 48.0 Å². The number of aromatic nitrogens is 3. The third-order valence-electron chi connectivity index (χ3n) is 6.10. The van der Waals surface area contributed by atoms with Gasteiger partial charge in [-0.1, -0.05) is 6.92 Å². The van der Waals surface area contributed by atoms with Gasteiger partial charge >= 0.3 is 0 Å². The molecular weight excluding hydrogens is 456 g/mol. The highest BCUT2D eigenvalue weighted by Gasteiger charge is 2.16. The Kier molecular flexibility index (Phi) is 7.63. The Morgan fingerprint density at radius 1 is 1.12 bits per heavy atom. The minimum Gasteiger partial charge on any atom is -0.492 e. The Hall–Kier alpha value is -2.48. The van der Waals surface area contributed by atoms with Crippen LogP contribution in [0.4, 0.5) is 0 Å². The number of aryl methyl sites for hydroxylation is 2. The number of halogens is 1. The minimum atomic E-state index is 0. The molecule has 1 aliphatic heterocycles. The van der Waals surface area contributed by atoms with Crippen molar-refractivity contribution >= 4 is 34.0 Å². The highest BCUT2D eigenvalue weighted by atomic mass is 35.5. The number of imidazole rings is 1. The van der Waals surface area contributed by atoms with E-state index in [1.54, 1.807) is 11.3 Å². The van der Waals surface area contributed by atoms with Crippen molar-refractivity contribution in [3.05, 3.63) is 53.7 Å². The Balaban J connectivity index is 0.00000259. The van der Waals surface area contributed by atoms with E-state index >= 15 is 0 Å². The van der Waals surface area contributed by atoms with Crippen LogP contribution in [0.3, 0.4) is 0 Å². The SMILES string of the molecule is CCc1cn(CCOc2ccc(OC3CCNCC3)cc2)c(-c2cc3sccc3n2C)n1.Cl. The molecule has 5 rings (SSSR count). The van der Waals surface area contributed by atoms with Gasteiger partial charge in [0.15, 0.2) is 5.82 Å². The van der Waals surface area contributed by atoms with E-state index in [0.29, 0.717) is 12.7 Å². The Bertz CT molecular complexity index is 1180. The number of hydrogen-bond donors (Lipinski definition) is 1. The Labute approximate surface area is 204 Å². The first-order chi connectivity index (χ1) is 15.7. The van der Waals surface area contributed by atoms with E-state index in [0.717, 1.165) is 67.6 Å². The molecule has 33 heavy (non-hydrogen) atoms. The summed E-state index contributed by atoms with van der Waals surface area (Å²) in [7, 11) is 2.11. The zero-order valence-electron chi connectivity index (χ0n) is 19.1. The summed E-state index contributed by atoms with van der Waals surface area (Å²) < 4.78 is 17.9. The first-order valence-corrected chi connectivity index (χ1v) is 12.3. The van der Waals surface area contributed by atoms with Gasteiger partial charge in [0.1, 0.15) is 24.2 Å². The maximum absolute atomic E-state index is 6.08. The lowest BCUT2D eigenvalue weighted by Crippen LogP contribution is -2.34. The van der Waals surface area contributed by atoms with Crippen molar-refractivity contribution in [2.45, 2.75) is 38.8 Å². The van der Waals surface area contributed by atoms with E-state index in [2.05, 4.69) is 52.1 Å². The van der Waals surface area contributed by atoms with E-state index in [1.165, 1.54) is 10.2 Å². The molecule has 3 aromatic heterocycles. The molecule has 0 bridgehead atoms. The molecule has 0 spiro atoms. The molecule has 6 nitrogen and oxygen atoms in total. The van der Waals surface area contributed by atoms with Crippen LogP contribution in [-0.4, -0.2) is 39.9 Å². The number of benzene rings is 1. The van der Waals surface area contributed by atoms with Crippen LogP contribution in [0.1, 0.15) is 25.5 Å². The minimum absolute atomic E-state index is 0. The van der Waals surface area contributed by atoms with E-state index in [1.807, 2.05) is 24.3 Å². The highest BCUT2D eigenvalue weighted by Crippen LogP contribution is 2.30. The number of piperidine rings is 1. The largest absolute Gasteiger partial charge is 0.492 e. The van der Waals surface area contributed by atoms with E-state index in [4.69, 9.17) is 14.5 Å². The van der Waals surface area contributed by atoms with Gasteiger partial charge in [-0.15, -0.1) is 23.7 Å². The summed E-state index contributed by atoms with van der Waals surface area (Å²) in [5.74, 6) is 2.78. The molecule has 0 unspecified atom stereocenters. The summed E-state index contributed by atoms with van der Waals surface area (Å²) in [6, 6.07) is 12.4. The van der Waals surface area contributed by atoms with Crippen molar-refractivity contribution in [1.29, 1.82) is 0 Å². The predicted octanol–water partition coefficient (Wildman–Crippen LogP) is 5.30. The number of nitrogens with one attached hydrogen (secondary N) is 1. The summed E-state index contributed by atoms with van der Waals surface area (Å²) in [4.78, 5) is 4.90. The van der Waals surface area contributed by atoms with Gasteiger partial charge in [0.25, 0.3) is 0 Å². The van der Waals surface area contributed by atoms with Crippen molar-refractivity contribution in [3.63, 3.8) is 0 Å². The maximum Gasteiger partial charge on any atom is 0.157 e. The smallest absolute Gasteiger partial charge is 0.157 e. The van der Waals surface area contributed by atoms with Crippen LogP contribution in [0, 0.1) is 0 Å². The van der Waals surface area contributed by atoms with Gasteiger partial charge in [0, 0.05) is 13.2 Å². The van der Waals surface area contributed by atoms with Crippen LogP contribution < -0.4 is 14.8 Å². The van der Waals surface area contributed by atoms with E-state index in [9.17, 15) is 0 Å². The second-order valence-corrected chi connectivity index (χ2v) is 9.20. The first kappa shape index (κ1) is 23.7. The van der Waals surface area contributed by atoms with Gasteiger partial charge in [-0.05, 0) is 74.1 Å². The van der Waals surface area contributed by atoms with Crippen LogP contribution in [0.25, 0.3) is 21.7 Å². The van der Waals surface area contributed by atoms with Crippen LogP contribution >= 0.6 is 23.7 Å². The predicted molar refractivity (Wildman–Crippen MR) is 137 cm³/mol. The zero-order valence-corrected chi connectivity index (χ0v) is 20.8. The molecule has 176 valence electrons. The fraction of sp³-hybridized carbons (Fsp3) is 0.400. The third kappa shape index (κ3) is 5.21. The van der Waals surface area contributed by atoms with E-state index in [-0.39, 0.29) is 12.4 Å². The number of thiophene rings is 1. The van der Waals surface area contributed by atoms with Crippen LogP contribution in [0.5, 0.6) is 11.5 Å². The number of ether oxygens (including phenoxy) is 2. The molecule has 0 amide bonds. The molecule has 0 radical (unpaired) electrons. The highest BCUT2D eigenvalue weighted by molar-refractivity contribution is 7.17. The van der Waals surface area contributed by atoms with Gasteiger partial charge in [-0.3, -0.25) is 0 Å². The van der Waals surface area contributed by atoms with E-state index < -0.39 is 0 Å². The molecule has 1 fully saturated rings. The number of nitrogens with zero attached hydrogens (tertiary/aromatic N) is 3. The maximum atomic E-state index is 6.08. The molecule has 1 saturated heterocycles. The molecule has 1 aromatic carbocycles. The fourth-order valence-electron chi connectivity index (χ4n) is 4.26. The lowest BCUT2D eigenvalue weighted by Gasteiger charge is -2.23. The average Bonchev–Trinajstić information content (AvgIpc) is 3.52. The van der Waals surface area contributed by atoms with Gasteiger partial charge in [0.05, 0.1) is 28.1 Å². The summed E-state index contributed by atoms with van der Waals surface area (Å²) in [6.07, 6.45) is 5.49. The quantitative estimate of drug-likeness (QED) is 0.367. The molecule has 4 heterocycles. The van der Waals surface area contributed by atoms with Crippen molar-refractivity contribution in [2.75, 3.05) is 19.7 Å². The molecular formula is C25H31ClN4O2S. The monoisotopic (exact) mass is 486 g/mol. The van der Waals surface area contributed by atoms with Crippen LogP contribution in [0.2, 0.25) is 0 Å². The number of rotatable bonds is 8. The Morgan fingerprint density at radius 3 is 2.61 bits per heavy atom. The molecule has 1 N–H and O–H groups in total. The second kappa shape index (κ2) is 10.6. The molecule has 0 aliphatic carbocycles. The van der Waals surface area contributed by atoms with Crippen molar-refractivity contribution in [1.82, 2.24) is 19.4 Å². The number of fused-ring (bicyclic) bond motifs is 1. The summed E-state index contributed by atoms with van der Waals surface area (Å²) in [5.41, 5.74) is 3.50. The number of hydrogen-bond acceptors (Lipinski definition) is 5. The van der Waals surface area contributed by atoms with Crippen LogP contribution in [-0.2, 0) is 20.0 Å². The third-order valence-corrected chi connectivity index (χ3v) is 6.95. The normalized spacial score (nSPS) is 14.4. The van der Waals surface area contributed by atoms with Crippen molar-refractivity contribution < 1.29 is 9.47 Å². The molecule has 0 atom stereocenters. The first-order valence-electron chi connectivity index (χ1n) is 11.4. The Morgan fingerprint density at radius 2 is 1.88 bits per heavy atom. The molecule has 1 aliphatic rings. The average molecular weight is 487 g/mol. The summed E-state index contributed by atoms with van der Waals surface area (Å²) >= 11 is 1.77. The summed E-state index contributed by atoms with van der Waals surface area (Å²) in [6.45, 7) is 5.53. The fourth-order valence-corrected chi connectivity index (χ4v) is 5.11. The van der Waals surface area contributed by atoms with Crippen molar-refractivity contribution in [3.8, 4) is 23.0 Å². The molecule has 4 aromatic rings. The second-order valence-electron chi connectivity index (χ2n) is 8.25. The lowest BCUT2D eigenvalue weighted by molar-refractivity contribution is 0.162. The topological polar surface area (TPSA) is 53.2 Å². The molecule has 0 saturated carbocycles. The molecule has 8 heteroatoms. The lowest BCUT2D eigenvalue weighted by atomic mass is 10.1.